The Labute approximate surface area is 168 Å². The summed E-state index contributed by atoms with van der Waals surface area (Å²) in [6.45, 7) is 0. The second-order valence-electron chi connectivity index (χ2n) is 5.21. The Hall–Kier alpha value is -2.51. The molecule has 4 nitrogen and oxygen atoms in total. The largest absolute Gasteiger partial charge is 0.383 e. The van der Waals surface area contributed by atoms with E-state index in [1.807, 2.05) is 36.4 Å². The smallest absolute Gasteiger partial charge is 0.143 e. The van der Waals surface area contributed by atoms with Gasteiger partial charge in [0, 0.05) is 20.0 Å². The van der Waals surface area contributed by atoms with Crippen molar-refractivity contribution in [3.8, 4) is 23.3 Å². The fraction of sp³-hybridized carbons (Fsp3) is 0. The highest BCUT2D eigenvalue weighted by Crippen LogP contribution is 2.38. The number of halogens is 2. The summed E-state index contributed by atoms with van der Waals surface area (Å²) in [4.78, 5) is 5.15. The Morgan fingerprint density at radius 1 is 0.962 bits per heavy atom. The molecule has 0 aliphatic heterocycles. The van der Waals surface area contributed by atoms with Gasteiger partial charge in [-0.15, -0.1) is 0 Å². The molecule has 3 aromatic rings. The number of anilines is 1. The Kier molecular flexibility index (Phi) is 5.49. The Morgan fingerprint density at radius 2 is 1.58 bits per heavy atom. The molecule has 126 valence electrons. The molecule has 0 atom stereocenters. The predicted octanol–water partition coefficient (Wildman–Crippen LogP) is 5.64. The number of pyridine rings is 1. The van der Waals surface area contributed by atoms with Crippen LogP contribution >= 0.6 is 39.3 Å². The van der Waals surface area contributed by atoms with E-state index >= 15 is 0 Å². The van der Waals surface area contributed by atoms with Crippen molar-refractivity contribution in [3.05, 3.63) is 69.2 Å². The third-order valence-corrected chi connectivity index (χ3v) is 5.35. The van der Waals surface area contributed by atoms with Crippen LogP contribution in [0.25, 0.3) is 11.1 Å². The molecule has 3 rings (SSSR count). The maximum Gasteiger partial charge on any atom is 0.143 e. The number of nitrogen functional groups attached to an aromatic ring is 1. The lowest BCUT2D eigenvalue weighted by molar-refractivity contribution is 1.11. The van der Waals surface area contributed by atoms with Gasteiger partial charge in [0.05, 0.1) is 5.56 Å². The number of nitrogens with zero attached hydrogens (tertiary/aromatic N) is 3. The number of hydrogen-bond donors (Lipinski definition) is 1. The van der Waals surface area contributed by atoms with Gasteiger partial charge in [-0.3, -0.25) is 0 Å². The van der Waals surface area contributed by atoms with Crippen LogP contribution in [-0.2, 0) is 0 Å². The first-order valence-electron chi connectivity index (χ1n) is 7.36. The fourth-order valence-electron chi connectivity index (χ4n) is 2.39. The molecular weight excluding hydrogens is 432 g/mol. The molecule has 2 N–H and O–H groups in total. The van der Waals surface area contributed by atoms with Crippen molar-refractivity contribution in [2.75, 3.05) is 5.73 Å². The highest BCUT2D eigenvalue weighted by Gasteiger charge is 2.20. The summed E-state index contributed by atoms with van der Waals surface area (Å²) >= 11 is 10.6. The van der Waals surface area contributed by atoms with Crippen molar-refractivity contribution in [2.45, 2.75) is 9.92 Å². The average Bonchev–Trinajstić information content (AvgIpc) is 2.64. The monoisotopic (exact) mass is 440 g/mol. The third-order valence-electron chi connectivity index (χ3n) is 3.58. The number of benzene rings is 2. The van der Waals surface area contributed by atoms with Crippen molar-refractivity contribution in [1.29, 1.82) is 10.5 Å². The van der Waals surface area contributed by atoms with Crippen LogP contribution in [0.2, 0.25) is 5.02 Å². The highest BCUT2D eigenvalue weighted by atomic mass is 79.9. The number of nitriles is 2. The minimum atomic E-state index is 0.0980. The van der Waals surface area contributed by atoms with Crippen molar-refractivity contribution < 1.29 is 0 Å². The molecule has 0 saturated heterocycles. The molecular formula is C19H10BrClN4S. The zero-order valence-corrected chi connectivity index (χ0v) is 16.4. The first-order chi connectivity index (χ1) is 12.5. The average molecular weight is 442 g/mol. The standard InChI is InChI=1S/C19H10BrClN4S/c20-12-3-1-11(2-4-12)17-15(9-22)18(24)25-19(16(17)10-23)26-14-7-5-13(21)6-8-14/h1-8H,(H2,24,25). The lowest BCUT2D eigenvalue weighted by Crippen LogP contribution is -2.03. The van der Waals surface area contributed by atoms with Gasteiger partial charge in [0.2, 0.25) is 0 Å². The lowest BCUT2D eigenvalue weighted by atomic mass is 9.97. The molecule has 7 heteroatoms. The van der Waals surface area contributed by atoms with Crippen LogP contribution in [0.3, 0.4) is 0 Å². The molecule has 0 fully saturated rings. The summed E-state index contributed by atoms with van der Waals surface area (Å²) in [5, 5.41) is 20.4. The number of aromatic nitrogens is 1. The van der Waals surface area contributed by atoms with E-state index in [2.05, 4.69) is 33.1 Å². The Morgan fingerprint density at radius 3 is 2.15 bits per heavy atom. The first kappa shape index (κ1) is 18.3. The van der Waals surface area contributed by atoms with Gasteiger partial charge in [-0.1, -0.05) is 51.4 Å². The van der Waals surface area contributed by atoms with Gasteiger partial charge < -0.3 is 5.73 Å². The summed E-state index contributed by atoms with van der Waals surface area (Å²) in [5.41, 5.74) is 7.75. The van der Waals surface area contributed by atoms with Crippen LogP contribution in [0, 0.1) is 22.7 Å². The predicted molar refractivity (Wildman–Crippen MR) is 107 cm³/mol. The number of hydrogen-bond acceptors (Lipinski definition) is 5. The molecule has 0 spiro atoms. The van der Waals surface area contributed by atoms with E-state index in [1.54, 1.807) is 12.1 Å². The second-order valence-corrected chi connectivity index (χ2v) is 7.63. The van der Waals surface area contributed by atoms with E-state index < -0.39 is 0 Å². The first-order valence-corrected chi connectivity index (χ1v) is 9.35. The molecule has 0 saturated carbocycles. The maximum absolute atomic E-state index is 9.76. The summed E-state index contributed by atoms with van der Waals surface area (Å²) in [6.07, 6.45) is 0. The minimum absolute atomic E-state index is 0.0980. The highest BCUT2D eigenvalue weighted by molar-refractivity contribution is 9.10. The van der Waals surface area contributed by atoms with Crippen LogP contribution in [0.1, 0.15) is 11.1 Å². The van der Waals surface area contributed by atoms with Crippen LogP contribution < -0.4 is 5.73 Å². The molecule has 0 unspecified atom stereocenters. The number of nitrogens with two attached hydrogens (primary N) is 1. The Bertz CT molecular complexity index is 1050. The number of rotatable bonds is 3. The molecule has 0 amide bonds. The zero-order valence-electron chi connectivity index (χ0n) is 13.2. The zero-order chi connectivity index (χ0) is 18.7. The normalized spacial score (nSPS) is 10.2. The van der Waals surface area contributed by atoms with E-state index in [-0.39, 0.29) is 11.4 Å². The van der Waals surface area contributed by atoms with E-state index in [0.29, 0.717) is 21.2 Å². The summed E-state index contributed by atoms with van der Waals surface area (Å²) < 4.78 is 0.899. The van der Waals surface area contributed by atoms with Crippen molar-refractivity contribution in [3.63, 3.8) is 0 Å². The third kappa shape index (κ3) is 3.68. The topological polar surface area (TPSA) is 86.5 Å². The van der Waals surface area contributed by atoms with Crippen molar-refractivity contribution in [2.24, 2.45) is 0 Å². The molecule has 0 radical (unpaired) electrons. The van der Waals surface area contributed by atoms with Gasteiger partial charge in [-0.05, 0) is 42.0 Å². The molecule has 0 aliphatic carbocycles. The molecule has 1 aromatic heterocycles. The van der Waals surface area contributed by atoms with Crippen LogP contribution in [0.15, 0.2) is 62.9 Å². The van der Waals surface area contributed by atoms with Crippen LogP contribution in [-0.4, -0.2) is 4.98 Å². The molecule has 0 aliphatic rings. The van der Waals surface area contributed by atoms with Crippen molar-refractivity contribution in [1.82, 2.24) is 4.98 Å². The fourth-order valence-corrected chi connectivity index (χ4v) is 3.67. The molecule has 2 aromatic carbocycles. The van der Waals surface area contributed by atoms with E-state index in [0.717, 1.165) is 14.9 Å². The van der Waals surface area contributed by atoms with Gasteiger partial charge in [0.15, 0.2) is 0 Å². The molecule has 26 heavy (non-hydrogen) atoms. The van der Waals surface area contributed by atoms with Gasteiger partial charge >= 0.3 is 0 Å². The van der Waals surface area contributed by atoms with E-state index in [1.165, 1.54) is 11.8 Å². The Balaban J connectivity index is 2.21. The lowest BCUT2D eigenvalue weighted by Gasteiger charge is -2.13. The van der Waals surface area contributed by atoms with Crippen molar-refractivity contribution >= 4 is 45.1 Å². The van der Waals surface area contributed by atoms with Gasteiger partial charge in [0.25, 0.3) is 0 Å². The van der Waals surface area contributed by atoms with Crippen LogP contribution in [0.4, 0.5) is 5.82 Å². The quantitative estimate of drug-likeness (QED) is 0.568. The van der Waals surface area contributed by atoms with E-state index in [9.17, 15) is 10.5 Å². The summed E-state index contributed by atoms with van der Waals surface area (Å²) in [5.74, 6) is 0.0980. The van der Waals surface area contributed by atoms with Gasteiger partial charge in [-0.25, -0.2) is 4.98 Å². The second kappa shape index (κ2) is 7.80. The van der Waals surface area contributed by atoms with Gasteiger partial charge in [0.1, 0.15) is 28.5 Å². The molecule has 1 heterocycles. The molecule has 0 bridgehead atoms. The maximum atomic E-state index is 9.76. The van der Waals surface area contributed by atoms with Crippen LogP contribution in [0.5, 0.6) is 0 Å². The summed E-state index contributed by atoms with van der Waals surface area (Å²) in [6, 6.07) is 18.8. The van der Waals surface area contributed by atoms with Gasteiger partial charge in [-0.2, -0.15) is 10.5 Å². The summed E-state index contributed by atoms with van der Waals surface area (Å²) in [7, 11) is 0. The van der Waals surface area contributed by atoms with E-state index in [4.69, 9.17) is 17.3 Å². The minimum Gasteiger partial charge on any atom is -0.383 e. The SMILES string of the molecule is N#Cc1c(N)nc(Sc2ccc(Cl)cc2)c(C#N)c1-c1ccc(Br)cc1.